The van der Waals surface area contributed by atoms with Gasteiger partial charge in [0, 0.05) is 18.3 Å². The molecule has 1 aromatic rings. The van der Waals surface area contributed by atoms with Gasteiger partial charge in [-0.05, 0) is 39.6 Å². The Hall–Kier alpha value is -1.01. The van der Waals surface area contributed by atoms with Gasteiger partial charge in [-0.15, -0.1) is 24.8 Å². The normalized spacial score (nSPS) is 12.6. The number of anilines is 1. The minimum absolute atomic E-state index is 0. The Balaban J connectivity index is 0. The molecule has 3 N–H and O–H groups in total. The molecular formula is C16H29Cl2N3O2. The number of carbonyl (C=O) groups excluding carboxylic acids is 1. The lowest BCUT2D eigenvalue weighted by molar-refractivity contribution is -0.120. The number of halogens is 2. The topological polar surface area (TPSA) is 67.6 Å². The second-order valence-electron chi connectivity index (χ2n) is 5.80. The smallest absolute Gasteiger partial charge is 0.244 e. The molecule has 0 heterocycles. The van der Waals surface area contributed by atoms with E-state index in [0.29, 0.717) is 18.7 Å². The second kappa shape index (κ2) is 11.5. The molecule has 134 valence electrons. The second-order valence-corrected chi connectivity index (χ2v) is 5.80. The van der Waals surface area contributed by atoms with Gasteiger partial charge in [0.05, 0.1) is 5.54 Å². The summed E-state index contributed by atoms with van der Waals surface area (Å²) >= 11 is 0. The molecule has 0 saturated carbocycles. The van der Waals surface area contributed by atoms with Crippen LogP contribution in [-0.4, -0.2) is 43.6 Å². The number of nitrogens with two attached hydrogens (primary N) is 1. The fraction of sp³-hybridized carbons (Fsp3) is 0.562. The SMILES string of the molecule is CCCC(C)(N)C(=O)Nc1cccc(OCCN(C)C)c1.Cl.Cl. The predicted octanol–water partition coefficient (Wildman–Crippen LogP) is 2.93. The summed E-state index contributed by atoms with van der Waals surface area (Å²) in [4.78, 5) is 14.2. The number of rotatable bonds is 8. The third-order valence-electron chi connectivity index (χ3n) is 3.19. The zero-order valence-electron chi connectivity index (χ0n) is 14.3. The van der Waals surface area contributed by atoms with Crippen molar-refractivity contribution in [1.29, 1.82) is 0 Å². The largest absolute Gasteiger partial charge is 0.492 e. The van der Waals surface area contributed by atoms with Crippen molar-refractivity contribution in [2.45, 2.75) is 32.2 Å². The molecule has 5 nitrogen and oxygen atoms in total. The Morgan fingerprint density at radius 3 is 2.57 bits per heavy atom. The van der Waals surface area contributed by atoms with Crippen LogP contribution in [0.15, 0.2) is 24.3 Å². The summed E-state index contributed by atoms with van der Waals surface area (Å²) in [5.41, 5.74) is 5.87. The first-order valence-electron chi connectivity index (χ1n) is 7.33. The summed E-state index contributed by atoms with van der Waals surface area (Å²) in [6.07, 6.45) is 1.52. The van der Waals surface area contributed by atoms with Gasteiger partial charge in [0.25, 0.3) is 0 Å². The first kappa shape index (κ1) is 24.2. The number of nitrogens with one attached hydrogen (secondary N) is 1. The molecule has 1 atom stereocenters. The fourth-order valence-electron chi connectivity index (χ4n) is 1.92. The zero-order chi connectivity index (χ0) is 15.9. The number of carbonyl (C=O) groups is 1. The monoisotopic (exact) mass is 365 g/mol. The van der Waals surface area contributed by atoms with E-state index in [1.54, 1.807) is 6.92 Å². The molecule has 1 unspecified atom stereocenters. The van der Waals surface area contributed by atoms with Crippen molar-refractivity contribution < 1.29 is 9.53 Å². The molecule has 0 bridgehead atoms. The Bertz CT molecular complexity index is 468. The van der Waals surface area contributed by atoms with Gasteiger partial charge in [-0.1, -0.05) is 19.4 Å². The fourth-order valence-corrected chi connectivity index (χ4v) is 1.92. The Morgan fingerprint density at radius 2 is 2.00 bits per heavy atom. The maximum Gasteiger partial charge on any atom is 0.244 e. The number of benzene rings is 1. The molecule has 1 rings (SSSR count). The van der Waals surface area contributed by atoms with Crippen molar-refractivity contribution in [2.75, 3.05) is 32.6 Å². The third kappa shape index (κ3) is 9.01. The summed E-state index contributed by atoms with van der Waals surface area (Å²) in [5.74, 6) is 0.568. The molecule has 0 aliphatic rings. The minimum Gasteiger partial charge on any atom is -0.492 e. The molecule has 0 fully saturated rings. The van der Waals surface area contributed by atoms with E-state index in [1.165, 1.54) is 0 Å². The van der Waals surface area contributed by atoms with E-state index in [-0.39, 0.29) is 30.7 Å². The van der Waals surface area contributed by atoms with Gasteiger partial charge in [-0.3, -0.25) is 4.79 Å². The summed E-state index contributed by atoms with van der Waals surface area (Å²) in [7, 11) is 3.99. The van der Waals surface area contributed by atoms with E-state index >= 15 is 0 Å². The molecule has 0 radical (unpaired) electrons. The van der Waals surface area contributed by atoms with Crippen molar-refractivity contribution >= 4 is 36.4 Å². The number of hydrogen-bond acceptors (Lipinski definition) is 4. The van der Waals surface area contributed by atoms with Crippen LogP contribution in [0.4, 0.5) is 5.69 Å². The predicted molar refractivity (Wildman–Crippen MR) is 101 cm³/mol. The lowest BCUT2D eigenvalue weighted by atomic mass is 9.96. The van der Waals surface area contributed by atoms with Gasteiger partial charge in [-0.2, -0.15) is 0 Å². The highest BCUT2D eigenvalue weighted by molar-refractivity contribution is 5.97. The first-order valence-corrected chi connectivity index (χ1v) is 7.33. The standard InChI is InChI=1S/C16H27N3O2.2ClH/c1-5-9-16(2,17)15(20)18-13-7-6-8-14(12-13)21-11-10-19(3)4;;/h6-8,12H,5,9-11,17H2,1-4H3,(H,18,20);2*1H. The Kier molecular flexibility index (Phi) is 12.1. The van der Waals surface area contributed by atoms with E-state index < -0.39 is 5.54 Å². The number of ether oxygens (including phenoxy) is 1. The van der Waals surface area contributed by atoms with Crippen molar-refractivity contribution in [3.63, 3.8) is 0 Å². The van der Waals surface area contributed by atoms with E-state index in [1.807, 2.05) is 45.3 Å². The molecule has 7 heteroatoms. The van der Waals surface area contributed by atoms with Gasteiger partial charge in [0.15, 0.2) is 0 Å². The summed E-state index contributed by atoms with van der Waals surface area (Å²) in [6.45, 7) is 5.21. The molecule has 0 aliphatic heterocycles. The van der Waals surface area contributed by atoms with Crippen molar-refractivity contribution in [3.8, 4) is 5.75 Å². The minimum atomic E-state index is -0.851. The highest BCUT2D eigenvalue weighted by atomic mass is 35.5. The van der Waals surface area contributed by atoms with Crippen molar-refractivity contribution in [3.05, 3.63) is 24.3 Å². The molecule has 0 aromatic heterocycles. The molecule has 0 aliphatic carbocycles. The maximum absolute atomic E-state index is 12.2. The van der Waals surface area contributed by atoms with Gasteiger partial charge < -0.3 is 20.7 Å². The van der Waals surface area contributed by atoms with Crippen molar-refractivity contribution in [1.82, 2.24) is 4.90 Å². The van der Waals surface area contributed by atoms with Gasteiger partial charge in [0.2, 0.25) is 5.91 Å². The van der Waals surface area contributed by atoms with Crippen LogP contribution in [-0.2, 0) is 4.79 Å². The van der Waals surface area contributed by atoms with Gasteiger partial charge >= 0.3 is 0 Å². The van der Waals surface area contributed by atoms with Crippen molar-refractivity contribution in [2.24, 2.45) is 5.73 Å². The number of amides is 1. The Morgan fingerprint density at radius 1 is 1.35 bits per heavy atom. The highest BCUT2D eigenvalue weighted by Gasteiger charge is 2.27. The third-order valence-corrected chi connectivity index (χ3v) is 3.19. The van der Waals surface area contributed by atoms with E-state index in [9.17, 15) is 4.79 Å². The average Bonchev–Trinajstić information content (AvgIpc) is 2.38. The first-order chi connectivity index (χ1) is 9.85. The van der Waals surface area contributed by atoms with Crippen LogP contribution >= 0.6 is 24.8 Å². The van der Waals surface area contributed by atoms with Crippen LogP contribution in [0.1, 0.15) is 26.7 Å². The lowest BCUT2D eigenvalue weighted by Gasteiger charge is -2.23. The quantitative estimate of drug-likeness (QED) is 0.742. The number of nitrogens with zero attached hydrogens (tertiary/aromatic N) is 1. The molecule has 1 aromatic carbocycles. The number of likely N-dealkylation sites (N-methyl/N-ethyl adjacent to an activating group) is 1. The molecule has 1 amide bonds. The van der Waals surface area contributed by atoms with Crippen LogP contribution in [0.5, 0.6) is 5.75 Å². The van der Waals surface area contributed by atoms with Crippen LogP contribution in [0.25, 0.3) is 0 Å². The van der Waals surface area contributed by atoms with Crippen LogP contribution in [0, 0.1) is 0 Å². The van der Waals surface area contributed by atoms with Gasteiger partial charge in [0.1, 0.15) is 12.4 Å². The Labute approximate surface area is 151 Å². The zero-order valence-corrected chi connectivity index (χ0v) is 15.9. The van der Waals surface area contributed by atoms with Gasteiger partial charge in [-0.25, -0.2) is 0 Å². The summed E-state index contributed by atoms with van der Waals surface area (Å²) in [5, 5.41) is 2.85. The molecular weight excluding hydrogens is 337 g/mol. The van der Waals surface area contributed by atoms with E-state index in [2.05, 4.69) is 10.2 Å². The average molecular weight is 366 g/mol. The molecule has 0 spiro atoms. The van der Waals surface area contributed by atoms with Crippen LogP contribution < -0.4 is 15.8 Å². The van der Waals surface area contributed by atoms with E-state index in [4.69, 9.17) is 10.5 Å². The highest BCUT2D eigenvalue weighted by Crippen LogP contribution is 2.19. The van der Waals surface area contributed by atoms with E-state index in [0.717, 1.165) is 18.7 Å². The molecule has 23 heavy (non-hydrogen) atoms. The maximum atomic E-state index is 12.2. The summed E-state index contributed by atoms with van der Waals surface area (Å²) in [6, 6.07) is 7.38. The molecule has 0 saturated heterocycles. The summed E-state index contributed by atoms with van der Waals surface area (Å²) < 4.78 is 5.65. The number of hydrogen-bond donors (Lipinski definition) is 2. The van der Waals surface area contributed by atoms with Crippen LogP contribution in [0.3, 0.4) is 0 Å². The lowest BCUT2D eigenvalue weighted by Crippen LogP contribution is -2.48. The van der Waals surface area contributed by atoms with Crippen LogP contribution in [0.2, 0.25) is 0 Å².